The number of piperazine rings is 1. The minimum Gasteiger partial charge on any atom is -0.369 e. The van der Waals surface area contributed by atoms with Crippen molar-refractivity contribution < 1.29 is 18.0 Å². The number of Topliss-reactive ketones (excluding diaryl/α,β-unsaturated/α-hetero) is 1. The highest BCUT2D eigenvalue weighted by molar-refractivity contribution is 5.94. The van der Waals surface area contributed by atoms with E-state index in [9.17, 15) is 18.0 Å². The number of carbonyl (C=O) groups excluding carboxylic acids is 1. The lowest BCUT2D eigenvalue weighted by Crippen LogP contribution is -2.50. The van der Waals surface area contributed by atoms with Gasteiger partial charge in [-0.15, -0.1) is 0 Å². The molecule has 0 aliphatic carbocycles. The van der Waals surface area contributed by atoms with E-state index < -0.39 is 11.7 Å². The molecular formula is C22H25F3N2O. The monoisotopic (exact) mass is 390 g/mol. The van der Waals surface area contributed by atoms with Gasteiger partial charge in [-0.25, -0.2) is 0 Å². The first-order chi connectivity index (χ1) is 13.2. The number of rotatable bonds is 5. The molecule has 0 amide bonds. The summed E-state index contributed by atoms with van der Waals surface area (Å²) in [5.74, 6) is 0.0554. The lowest BCUT2D eigenvalue weighted by atomic mass is 10.0. The van der Waals surface area contributed by atoms with Crippen LogP contribution in [0, 0.1) is 0 Å². The topological polar surface area (TPSA) is 23.6 Å². The SMILES string of the molecule is CC(=O)c1ccc(N2CCN([C@H](C)Cc3cccc(C(F)(F)F)c3)CC2)cc1. The zero-order valence-corrected chi connectivity index (χ0v) is 16.2. The minimum atomic E-state index is -4.30. The van der Waals surface area contributed by atoms with Gasteiger partial charge in [-0.3, -0.25) is 9.69 Å². The first kappa shape index (κ1) is 20.4. The number of nitrogens with zero attached hydrogens (tertiary/aromatic N) is 2. The quantitative estimate of drug-likeness (QED) is 0.694. The number of halogens is 3. The van der Waals surface area contributed by atoms with Gasteiger partial charge in [0.1, 0.15) is 0 Å². The van der Waals surface area contributed by atoms with E-state index in [1.54, 1.807) is 13.0 Å². The van der Waals surface area contributed by atoms with Crippen LogP contribution < -0.4 is 4.90 Å². The largest absolute Gasteiger partial charge is 0.416 e. The zero-order chi connectivity index (χ0) is 20.3. The maximum absolute atomic E-state index is 12.9. The van der Waals surface area contributed by atoms with Gasteiger partial charge in [0.05, 0.1) is 5.56 Å². The Labute approximate surface area is 163 Å². The first-order valence-electron chi connectivity index (χ1n) is 9.50. The molecule has 1 heterocycles. The molecule has 6 heteroatoms. The van der Waals surface area contributed by atoms with Crippen molar-refractivity contribution in [2.24, 2.45) is 0 Å². The van der Waals surface area contributed by atoms with Crippen LogP contribution in [0.1, 0.15) is 35.3 Å². The normalized spacial score (nSPS) is 16.8. The van der Waals surface area contributed by atoms with E-state index in [0.717, 1.165) is 37.9 Å². The summed E-state index contributed by atoms with van der Waals surface area (Å²) in [6.07, 6.45) is -3.71. The van der Waals surface area contributed by atoms with Crippen LogP contribution in [0.2, 0.25) is 0 Å². The Balaban J connectivity index is 1.56. The van der Waals surface area contributed by atoms with Gasteiger partial charge in [0.2, 0.25) is 0 Å². The number of anilines is 1. The standard InChI is InChI=1S/C22H25F3N2O/c1-16(14-18-4-3-5-20(15-18)22(23,24)25)26-10-12-27(13-11-26)21-8-6-19(7-9-21)17(2)28/h3-9,15-16H,10-14H2,1-2H3/t16-/m1/s1. The average Bonchev–Trinajstić information content (AvgIpc) is 2.68. The predicted octanol–water partition coefficient (Wildman–Crippen LogP) is 4.66. The summed E-state index contributed by atoms with van der Waals surface area (Å²) in [4.78, 5) is 16.0. The van der Waals surface area contributed by atoms with Gasteiger partial charge in [0, 0.05) is 43.5 Å². The highest BCUT2D eigenvalue weighted by Gasteiger charge is 2.30. The second kappa shape index (κ2) is 8.35. The predicted molar refractivity (Wildman–Crippen MR) is 105 cm³/mol. The van der Waals surface area contributed by atoms with Gasteiger partial charge in [-0.05, 0) is 56.2 Å². The molecule has 0 aromatic heterocycles. The van der Waals surface area contributed by atoms with Crippen LogP contribution >= 0.6 is 0 Å². The molecule has 1 atom stereocenters. The molecule has 0 unspecified atom stereocenters. The van der Waals surface area contributed by atoms with E-state index >= 15 is 0 Å². The molecule has 150 valence electrons. The Hall–Kier alpha value is -2.34. The summed E-state index contributed by atoms with van der Waals surface area (Å²) in [6.45, 7) is 7.04. The third kappa shape index (κ3) is 4.93. The van der Waals surface area contributed by atoms with Crippen molar-refractivity contribution in [3.05, 3.63) is 65.2 Å². The number of benzene rings is 2. The van der Waals surface area contributed by atoms with Gasteiger partial charge in [0.25, 0.3) is 0 Å². The number of carbonyl (C=O) groups is 1. The summed E-state index contributed by atoms with van der Waals surface area (Å²) >= 11 is 0. The lowest BCUT2D eigenvalue weighted by molar-refractivity contribution is -0.137. The lowest BCUT2D eigenvalue weighted by Gasteiger charge is -2.39. The van der Waals surface area contributed by atoms with Crippen LogP contribution in [0.25, 0.3) is 0 Å². The van der Waals surface area contributed by atoms with Gasteiger partial charge in [0.15, 0.2) is 5.78 Å². The van der Waals surface area contributed by atoms with E-state index in [2.05, 4.69) is 16.7 Å². The summed E-state index contributed by atoms with van der Waals surface area (Å²) in [7, 11) is 0. The third-order valence-corrected chi connectivity index (χ3v) is 5.36. The van der Waals surface area contributed by atoms with Crippen LogP contribution in [0.15, 0.2) is 48.5 Å². The maximum atomic E-state index is 12.9. The van der Waals surface area contributed by atoms with Gasteiger partial charge in [-0.2, -0.15) is 13.2 Å². The van der Waals surface area contributed by atoms with E-state index in [4.69, 9.17) is 0 Å². The fourth-order valence-corrected chi connectivity index (χ4v) is 3.67. The summed E-state index contributed by atoms with van der Waals surface area (Å²) in [6, 6.07) is 13.4. The number of hydrogen-bond donors (Lipinski definition) is 0. The number of hydrogen-bond acceptors (Lipinski definition) is 3. The Morgan fingerprint density at radius 2 is 1.68 bits per heavy atom. The molecule has 28 heavy (non-hydrogen) atoms. The van der Waals surface area contributed by atoms with Crippen molar-refractivity contribution in [2.45, 2.75) is 32.5 Å². The fraction of sp³-hybridized carbons (Fsp3) is 0.409. The van der Waals surface area contributed by atoms with Crippen LogP contribution in [0.3, 0.4) is 0 Å². The molecule has 0 saturated carbocycles. The minimum absolute atomic E-state index is 0.0554. The molecule has 2 aromatic carbocycles. The molecule has 0 radical (unpaired) electrons. The highest BCUT2D eigenvalue weighted by Crippen LogP contribution is 2.30. The Morgan fingerprint density at radius 1 is 1.04 bits per heavy atom. The second-order valence-corrected chi connectivity index (χ2v) is 7.38. The molecule has 1 fully saturated rings. The van der Waals surface area contributed by atoms with E-state index in [1.807, 2.05) is 24.3 Å². The van der Waals surface area contributed by atoms with Crippen LogP contribution in [0.5, 0.6) is 0 Å². The highest BCUT2D eigenvalue weighted by atomic mass is 19.4. The van der Waals surface area contributed by atoms with Crippen LogP contribution in [-0.4, -0.2) is 42.9 Å². The van der Waals surface area contributed by atoms with Crippen molar-refractivity contribution in [3.63, 3.8) is 0 Å². The molecular weight excluding hydrogens is 365 g/mol. The van der Waals surface area contributed by atoms with Crippen LogP contribution in [0.4, 0.5) is 18.9 Å². The molecule has 1 aliphatic heterocycles. The molecule has 1 saturated heterocycles. The van der Waals surface area contributed by atoms with Gasteiger partial charge < -0.3 is 4.90 Å². The molecule has 1 aliphatic rings. The van der Waals surface area contributed by atoms with Gasteiger partial charge >= 0.3 is 6.18 Å². The Morgan fingerprint density at radius 3 is 2.25 bits per heavy atom. The van der Waals surface area contributed by atoms with Gasteiger partial charge in [-0.1, -0.05) is 18.2 Å². The number of alkyl halides is 3. The van der Waals surface area contributed by atoms with Crippen molar-refractivity contribution in [3.8, 4) is 0 Å². The van der Waals surface area contributed by atoms with E-state index in [-0.39, 0.29) is 11.8 Å². The molecule has 3 rings (SSSR count). The smallest absolute Gasteiger partial charge is 0.369 e. The first-order valence-corrected chi connectivity index (χ1v) is 9.50. The van der Waals surface area contributed by atoms with Crippen molar-refractivity contribution in [1.82, 2.24) is 4.90 Å². The molecule has 0 spiro atoms. The second-order valence-electron chi connectivity index (χ2n) is 7.38. The van der Waals surface area contributed by atoms with Crippen molar-refractivity contribution in [1.29, 1.82) is 0 Å². The van der Waals surface area contributed by atoms with E-state index in [0.29, 0.717) is 17.5 Å². The van der Waals surface area contributed by atoms with Crippen LogP contribution in [-0.2, 0) is 12.6 Å². The van der Waals surface area contributed by atoms with E-state index in [1.165, 1.54) is 12.1 Å². The summed E-state index contributed by atoms with van der Waals surface area (Å²) < 4.78 is 38.7. The maximum Gasteiger partial charge on any atom is 0.416 e. The van der Waals surface area contributed by atoms with Crippen molar-refractivity contribution >= 4 is 11.5 Å². The fourth-order valence-electron chi connectivity index (χ4n) is 3.67. The molecule has 2 aromatic rings. The Kier molecular flexibility index (Phi) is 6.08. The Bertz CT molecular complexity index is 809. The molecule has 0 bridgehead atoms. The summed E-state index contributed by atoms with van der Waals surface area (Å²) in [5, 5.41) is 0. The third-order valence-electron chi connectivity index (χ3n) is 5.36. The molecule has 0 N–H and O–H groups in total. The molecule has 3 nitrogen and oxygen atoms in total. The zero-order valence-electron chi connectivity index (χ0n) is 16.2. The average molecular weight is 390 g/mol. The number of ketones is 1. The summed E-state index contributed by atoms with van der Waals surface area (Å²) in [5.41, 5.74) is 1.92. The van der Waals surface area contributed by atoms with Crippen molar-refractivity contribution in [2.75, 3.05) is 31.1 Å².